The van der Waals surface area contributed by atoms with Gasteiger partial charge in [0.15, 0.2) is 0 Å². The number of hydrogen-bond donors (Lipinski definition) is 2. The van der Waals surface area contributed by atoms with Gasteiger partial charge in [0.25, 0.3) is 0 Å². The first-order chi connectivity index (χ1) is 10.2. The Morgan fingerprint density at radius 3 is 3.00 bits per heavy atom. The lowest BCUT2D eigenvalue weighted by molar-refractivity contribution is -0.117. The quantitative estimate of drug-likeness (QED) is 0.788. The van der Waals surface area contributed by atoms with Crippen molar-refractivity contribution in [1.29, 1.82) is 0 Å². The molecule has 1 aliphatic rings. The second-order valence-corrected chi connectivity index (χ2v) is 6.70. The molecule has 2 unspecified atom stereocenters. The average molecular weight is 347 g/mol. The molecule has 0 spiro atoms. The highest BCUT2D eigenvalue weighted by Crippen LogP contribution is 2.14. The summed E-state index contributed by atoms with van der Waals surface area (Å²) >= 11 is 0. The molecule has 1 aromatic carbocycles. The maximum Gasteiger partial charge on any atom is 0.241 e. The lowest BCUT2D eigenvalue weighted by Crippen LogP contribution is -2.35. The number of hydrogen-bond acceptors (Lipinski definition) is 4. The monoisotopic (exact) mass is 346 g/mol. The number of carbonyl (C=O) groups excluding carboxylic acids is 1. The number of methoxy groups -OCH3 is 1. The van der Waals surface area contributed by atoms with Crippen LogP contribution in [0.2, 0.25) is 0 Å². The van der Waals surface area contributed by atoms with Crippen molar-refractivity contribution in [1.82, 2.24) is 5.32 Å². The number of ether oxygens (including phenoxy) is 1. The van der Waals surface area contributed by atoms with E-state index in [4.69, 9.17) is 4.74 Å². The largest absolute Gasteiger partial charge is 0.384 e. The van der Waals surface area contributed by atoms with Crippen molar-refractivity contribution in [2.24, 2.45) is 0 Å². The minimum absolute atomic E-state index is 0. The van der Waals surface area contributed by atoms with Gasteiger partial charge in [-0.25, -0.2) is 0 Å². The summed E-state index contributed by atoms with van der Waals surface area (Å²) in [4.78, 5) is 12.0. The van der Waals surface area contributed by atoms with E-state index < -0.39 is 10.8 Å². The molecule has 2 rings (SSSR count). The van der Waals surface area contributed by atoms with Crippen molar-refractivity contribution in [3.63, 3.8) is 0 Å². The standard InChI is InChI=1S/C15H22N2O3S.ClH/c1-20-8-9-21(19)11-12-4-2-5-13(10-12)17-15(18)14-6-3-7-16-14;/h2,4-5,10,14,16H,3,6-9,11H2,1H3,(H,17,18);1H. The molecule has 1 fully saturated rings. The summed E-state index contributed by atoms with van der Waals surface area (Å²) in [6.07, 6.45) is 1.92. The van der Waals surface area contributed by atoms with E-state index in [0.29, 0.717) is 18.1 Å². The lowest BCUT2D eigenvalue weighted by atomic mass is 10.2. The number of nitrogens with one attached hydrogen (secondary N) is 2. The van der Waals surface area contributed by atoms with E-state index >= 15 is 0 Å². The number of anilines is 1. The van der Waals surface area contributed by atoms with Crippen molar-refractivity contribution >= 4 is 34.8 Å². The van der Waals surface area contributed by atoms with Gasteiger partial charge in [0, 0.05) is 35.1 Å². The first kappa shape index (κ1) is 19.1. The normalized spacial score (nSPS) is 18.5. The van der Waals surface area contributed by atoms with Crippen LogP contribution in [0, 0.1) is 0 Å². The third-order valence-electron chi connectivity index (χ3n) is 3.41. The van der Waals surface area contributed by atoms with E-state index in [0.717, 1.165) is 30.6 Å². The van der Waals surface area contributed by atoms with Crippen LogP contribution in [0.4, 0.5) is 5.69 Å². The first-order valence-electron chi connectivity index (χ1n) is 7.16. The van der Waals surface area contributed by atoms with Crippen molar-refractivity contribution < 1.29 is 13.7 Å². The van der Waals surface area contributed by atoms with Gasteiger partial charge < -0.3 is 15.4 Å². The summed E-state index contributed by atoms with van der Waals surface area (Å²) in [6.45, 7) is 1.40. The van der Waals surface area contributed by atoms with Gasteiger partial charge in [-0.1, -0.05) is 12.1 Å². The lowest BCUT2D eigenvalue weighted by Gasteiger charge is -2.12. The van der Waals surface area contributed by atoms with Crippen LogP contribution in [0.5, 0.6) is 0 Å². The van der Waals surface area contributed by atoms with Crippen molar-refractivity contribution in [2.75, 3.05) is 31.3 Å². The van der Waals surface area contributed by atoms with E-state index in [1.165, 1.54) is 0 Å². The van der Waals surface area contributed by atoms with Gasteiger partial charge in [-0.15, -0.1) is 12.4 Å². The maximum atomic E-state index is 12.0. The van der Waals surface area contributed by atoms with E-state index in [1.54, 1.807) is 7.11 Å². The Bertz CT molecular complexity index is 507. The predicted molar refractivity (Wildman–Crippen MR) is 91.9 cm³/mol. The van der Waals surface area contributed by atoms with Gasteiger partial charge in [-0.2, -0.15) is 0 Å². The van der Waals surface area contributed by atoms with Crippen LogP contribution in [-0.2, 0) is 26.1 Å². The number of benzene rings is 1. The van der Waals surface area contributed by atoms with E-state index in [2.05, 4.69) is 10.6 Å². The van der Waals surface area contributed by atoms with Crippen molar-refractivity contribution in [2.45, 2.75) is 24.6 Å². The minimum atomic E-state index is -0.944. The summed E-state index contributed by atoms with van der Waals surface area (Å²) < 4.78 is 16.8. The predicted octanol–water partition coefficient (Wildman–Crippen LogP) is 1.69. The molecule has 0 aliphatic carbocycles. The van der Waals surface area contributed by atoms with E-state index in [-0.39, 0.29) is 24.4 Å². The third-order valence-corrected chi connectivity index (χ3v) is 4.69. The molecule has 1 aliphatic heterocycles. The van der Waals surface area contributed by atoms with Crippen LogP contribution < -0.4 is 10.6 Å². The molecule has 0 bridgehead atoms. The average Bonchev–Trinajstić information content (AvgIpc) is 3.00. The fraction of sp³-hybridized carbons (Fsp3) is 0.533. The molecule has 1 heterocycles. The number of carbonyl (C=O) groups is 1. The molecule has 0 saturated carbocycles. The number of rotatable bonds is 7. The molecule has 7 heteroatoms. The highest BCUT2D eigenvalue weighted by Gasteiger charge is 2.21. The molecule has 1 amide bonds. The summed E-state index contributed by atoms with van der Waals surface area (Å²) in [7, 11) is 0.658. The van der Waals surface area contributed by atoms with Gasteiger partial charge in [-0.05, 0) is 37.1 Å². The molecule has 0 radical (unpaired) electrons. The zero-order valence-corrected chi connectivity index (χ0v) is 14.3. The SMILES string of the molecule is COCCS(=O)Cc1cccc(NC(=O)C2CCCN2)c1.Cl. The zero-order chi connectivity index (χ0) is 15.1. The van der Waals surface area contributed by atoms with Crippen molar-refractivity contribution in [3.05, 3.63) is 29.8 Å². The van der Waals surface area contributed by atoms with Crippen LogP contribution >= 0.6 is 12.4 Å². The fourth-order valence-electron chi connectivity index (χ4n) is 2.31. The minimum Gasteiger partial charge on any atom is -0.384 e. The molecule has 2 atom stereocenters. The van der Waals surface area contributed by atoms with Crippen LogP contribution in [0.15, 0.2) is 24.3 Å². The summed E-state index contributed by atoms with van der Waals surface area (Å²) in [5.41, 5.74) is 1.72. The Labute approximate surface area is 140 Å². The molecule has 1 saturated heterocycles. The molecule has 1 aromatic rings. The Balaban J connectivity index is 0.00000242. The van der Waals surface area contributed by atoms with Gasteiger partial charge in [-0.3, -0.25) is 9.00 Å². The van der Waals surface area contributed by atoms with Crippen molar-refractivity contribution in [3.8, 4) is 0 Å². The van der Waals surface area contributed by atoms with Gasteiger partial charge in [0.2, 0.25) is 5.91 Å². The summed E-state index contributed by atoms with van der Waals surface area (Å²) in [5.74, 6) is 1.01. The molecular weight excluding hydrogens is 324 g/mol. The zero-order valence-electron chi connectivity index (χ0n) is 12.7. The second kappa shape index (κ2) is 9.94. The van der Waals surface area contributed by atoms with Crippen LogP contribution in [0.3, 0.4) is 0 Å². The summed E-state index contributed by atoms with van der Waals surface area (Å²) in [6, 6.07) is 7.45. The second-order valence-electron chi connectivity index (χ2n) is 5.12. The molecular formula is C15H23ClN2O3S. The summed E-state index contributed by atoms with van der Waals surface area (Å²) in [5, 5.41) is 6.09. The smallest absolute Gasteiger partial charge is 0.241 e. The molecule has 124 valence electrons. The van der Waals surface area contributed by atoms with Crippen LogP contribution in [-0.4, -0.2) is 42.2 Å². The van der Waals surface area contributed by atoms with Gasteiger partial charge >= 0.3 is 0 Å². The maximum absolute atomic E-state index is 12.0. The molecule has 22 heavy (non-hydrogen) atoms. The number of amides is 1. The molecule has 2 N–H and O–H groups in total. The fourth-order valence-corrected chi connectivity index (χ4v) is 3.36. The molecule has 5 nitrogen and oxygen atoms in total. The highest BCUT2D eigenvalue weighted by atomic mass is 35.5. The highest BCUT2D eigenvalue weighted by molar-refractivity contribution is 7.84. The van der Waals surface area contributed by atoms with E-state index in [1.807, 2.05) is 24.3 Å². The van der Waals surface area contributed by atoms with E-state index in [9.17, 15) is 9.00 Å². The molecule has 0 aromatic heterocycles. The van der Waals surface area contributed by atoms with Crippen LogP contribution in [0.1, 0.15) is 18.4 Å². The Morgan fingerprint density at radius 1 is 1.50 bits per heavy atom. The Kier molecular flexibility index (Phi) is 8.63. The number of halogens is 1. The van der Waals surface area contributed by atoms with Gasteiger partial charge in [0.05, 0.1) is 12.6 Å². The Morgan fingerprint density at radius 2 is 2.32 bits per heavy atom. The first-order valence-corrected chi connectivity index (χ1v) is 8.65. The topological polar surface area (TPSA) is 67.4 Å². The van der Waals surface area contributed by atoms with Gasteiger partial charge in [0.1, 0.15) is 0 Å². The Hall–Kier alpha value is -0.950. The van der Waals surface area contributed by atoms with Crippen LogP contribution in [0.25, 0.3) is 0 Å². The third kappa shape index (κ3) is 6.04.